The van der Waals surface area contributed by atoms with Crippen molar-refractivity contribution in [3.63, 3.8) is 0 Å². The summed E-state index contributed by atoms with van der Waals surface area (Å²) in [5, 5.41) is 0.380. The lowest BCUT2D eigenvalue weighted by molar-refractivity contribution is -0.117. The lowest BCUT2D eigenvalue weighted by Crippen LogP contribution is -2.12. The highest BCUT2D eigenvalue weighted by atomic mass is 35.5. The second kappa shape index (κ2) is 8.50. The van der Waals surface area contributed by atoms with Gasteiger partial charge in [0.05, 0.1) is 22.8 Å². The highest BCUT2D eigenvalue weighted by Gasteiger charge is 2.40. The van der Waals surface area contributed by atoms with Gasteiger partial charge in [-0.2, -0.15) is 0 Å². The van der Waals surface area contributed by atoms with Gasteiger partial charge in [0.25, 0.3) is 0 Å². The highest BCUT2D eigenvalue weighted by Crippen LogP contribution is 2.46. The molecule has 3 aliphatic rings. The minimum absolute atomic E-state index is 0.0283. The Morgan fingerprint density at radius 3 is 2.56 bits per heavy atom. The lowest BCUT2D eigenvalue weighted by Gasteiger charge is -2.15. The molecule has 0 radical (unpaired) electrons. The van der Waals surface area contributed by atoms with Gasteiger partial charge < -0.3 is 0 Å². The first kappa shape index (κ1) is 22.0. The van der Waals surface area contributed by atoms with Crippen LogP contribution in [0, 0.1) is 5.92 Å². The summed E-state index contributed by atoms with van der Waals surface area (Å²) < 4.78 is 26.5. The van der Waals surface area contributed by atoms with Gasteiger partial charge in [0.1, 0.15) is 15.1 Å². The molecule has 8 heteroatoms. The van der Waals surface area contributed by atoms with Gasteiger partial charge in [-0.25, -0.2) is 13.4 Å². The molecular weight excluding hydrogens is 466 g/mol. The predicted octanol–water partition coefficient (Wildman–Crippen LogP) is 5.17. The van der Waals surface area contributed by atoms with Crippen molar-refractivity contribution >= 4 is 49.9 Å². The Morgan fingerprint density at radius 1 is 1.19 bits per heavy atom. The smallest absolute Gasteiger partial charge is 0.181 e. The van der Waals surface area contributed by atoms with E-state index in [1.807, 2.05) is 12.1 Å². The second-order valence-electron chi connectivity index (χ2n) is 9.05. The maximum Gasteiger partial charge on any atom is 0.181 e. The van der Waals surface area contributed by atoms with Gasteiger partial charge in [-0.05, 0) is 67.2 Å². The lowest BCUT2D eigenvalue weighted by atomic mass is 9.92. The number of benzene rings is 1. The van der Waals surface area contributed by atoms with Crippen molar-refractivity contribution in [3.8, 4) is 0 Å². The van der Waals surface area contributed by atoms with Crippen LogP contribution in [0.25, 0.3) is 5.57 Å². The fourth-order valence-corrected chi connectivity index (χ4v) is 7.30. The minimum Gasteiger partial charge on any atom is -0.300 e. The monoisotopic (exact) mass is 489 g/mol. The van der Waals surface area contributed by atoms with Crippen LogP contribution in [0.5, 0.6) is 0 Å². The molecule has 0 unspecified atom stereocenters. The fraction of sp³-hybridized carbons (Fsp3) is 0.458. The van der Waals surface area contributed by atoms with Crippen molar-refractivity contribution in [2.75, 3.05) is 0 Å². The molecular formula is C24H24ClNO4S2. The van der Waals surface area contributed by atoms with Gasteiger partial charge in [0.2, 0.25) is 0 Å². The summed E-state index contributed by atoms with van der Waals surface area (Å²) in [6.45, 7) is 0. The maximum absolute atomic E-state index is 13.3. The number of carbonyl (C=O) groups is 2. The van der Waals surface area contributed by atoms with Crippen LogP contribution >= 0.6 is 22.9 Å². The summed E-state index contributed by atoms with van der Waals surface area (Å²) >= 11 is 7.26. The molecule has 1 heterocycles. The van der Waals surface area contributed by atoms with Gasteiger partial charge in [-0.3, -0.25) is 9.59 Å². The standard InChI is InChI=1S/C24H24ClNO4S2/c25-23-13-26-24(31-23)12-21(28)19(10-14-1-5-17(27)9-14)16-4-8-22(20(11-16)15-2-3-15)32(29,30)18-6-7-18/h4,8,10-11,13-15,18H,1-3,5-7,9,12H2/b19-10+/t14-/m1/s1. The molecule has 0 N–H and O–H groups in total. The van der Waals surface area contributed by atoms with Crippen LogP contribution in [0.4, 0.5) is 0 Å². The van der Waals surface area contributed by atoms with Crippen LogP contribution in [0.15, 0.2) is 35.4 Å². The van der Waals surface area contributed by atoms with E-state index in [1.165, 1.54) is 17.5 Å². The predicted molar refractivity (Wildman–Crippen MR) is 125 cm³/mol. The summed E-state index contributed by atoms with van der Waals surface area (Å²) in [5.41, 5.74) is 2.12. The summed E-state index contributed by atoms with van der Waals surface area (Å²) in [4.78, 5) is 29.8. The van der Waals surface area contributed by atoms with Crippen molar-refractivity contribution in [3.05, 3.63) is 50.9 Å². The largest absolute Gasteiger partial charge is 0.300 e. The zero-order valence-corrected chi connectivity index (χ0v) is 19.9. The average molecular weight is 490 g/mol. The third-order valence-electron chi connectivity index (χ3n) is 6.43. The van der Waals surface area contributed by atoms with Gasteiger partial charge in [-0.1, -0.05) is 23.7 Å². The Kier molecular flexibility index (Phi) is 5.84. The molecule has 5 rings (SSSR count). The average Bonchev–Trinajstić information content (AvgIpc) is 3.68. The molecule has 1 atom stereocenters. The van der Waals surface area contributed by atoms with E-state index < -0.39 is 9.84 Å². The number of allylic oxidation sites excluding steroid dienone is 2. The molecule has 3 aliphatic carbocycles. The molecule has 1 aromatic carbocycles. The Morgan fingerprint density at radius 2 is 1.97 bits per heavy atom. The van der Waals surface area contributed by atoms with Crippen LogP contribution in [-0.2, 0) is 25.8 Å². The number of carbonyl (C=O) groups excluding carboxylic acids is 2. The Balaban J connectivity index is 1.53. The zero-order valence-electron chi connectivity index (χ0n) is 17.6. The summed E-state index contributed by atoms with van der Waals surface area (Å²) in [6, 6.07) is 5.36. The second-order valence-corrected chi connectivity index (χ2v) is 13.0. The molecule has 0 amide bonds. The third kappa shape index (κ3) is 4.61. The van der Waals surface area contributed by atoms with E-state index in [2.05, 4.69) is 4.98 Å². The maximum atomic E-state index is 13.3. The minimum atomic E-state index is -3.31. The molecule has 3 fully saturated rings. The van der Waals surface area contributed by atoms with E-state index >= 15 is 0 Å². The van der Waals surface area contributed by atoms with Crippen molar-refractivity contribution in [1.82, 2.24) is 4.98 Å². The zero-order chi connectivity index (χ0) is 22.5. The number of aromatic nitrogens is 1. The highest BCUT2D eigenvalue weighted by molar-refractivity contribution is 7.92. The normalized spacial score (nSPS) is 21.8. The van der Waals surface area contributed by atoms with E-state index in [0.717, 1.165) is 43.2 Å². The first-order chi connectivity index (χ1) is 15.3. The number of Topliss-reactive ketones (excluding diaryl/α,β-unsaturated/α-hetero) is 2. The Hall–Kier alpha value is -1.83. The molecule has 0 saturated heterocycles. The van der Waals surface area contributed by atoms with Gasteiger partial charge in [0.15, 0.2) is 15.6 Å². The molecule has 0 spiro atoms. The van der Waals surface area contributed by atoms with E-state index in [-0.39, 0.29) is 35.1 Å². The Bertz CT molecular complexity index is 1220. The summed E-state index contributed by atoms with van der Waals surface area (Å²) in [5.74, 6) is 0.394. The molecule has 3 saturated carbocycles. The van der Waals surface area contributed by atoms with Crippen LogP contribution in [-0.4, -0.2) is 30.2 Å². The van der Waals surface area contributed by atoms with Crippen LogP contribution < -0.4 is 0 Å². The van der Waals surface area contributed by atoms with Crippen molar-refractivity contribution in [2.24, 2.45) is 5.92 Å². The quantitative estimate of drug-likeness (QED) is 0.477. The van der Waals surface area contributed by atoms with Gasteiger partial charge in [0, 0.05) is 18.4 Å². The molecule has 32 heavy (non-hydrogen) atoms. The van der Waals surface area contributed by atoms with Crippen LogP contribution in [0.1, 0.15) is 67.0 Å². The third-order valence-corrected chi connectivity index (χ3v) is 9.88. The van der Waals surface area contributed by atoms with Gasteiger partial charge in [-0.15, -0.1) is 11.3 Å². The number of sulfone groups is 1. The number of hydrogen-bond donors (Lipinski definition) is 0. The molecule has 5 nitrogen and oxygen atoms in total. The number of rotatable bonds is 8. The fourth-order valence-electron chi connectivity index (χ4n) is 4.42. The summed E-state index contributed by atoms with van der Waals surface area (Å²) in [7, 11) is -3.31. The van der Waals surface area contributed by atoms with Gasteiger partial charge >= 0.3 is 0 Å². The molecule has 2 aromatic rings. The SMILES string of the molecule is O=C1CC[C@@H](/C=C(/C(=O)Cc2ncc(Cl)s2)c2ccc(S(=O)(=O)C3CC3)c(C3CC3)c2)C1. The first-order valence-electron chi connectivity index (χ1n) is 11.1. The van der Waals surface area contributed by atoms with Crippen LogP contribution in [0.3, 0.4) is 0 Å². The first-order valence-corrected chi connectivity index (χ1v) is 13.8. The van der Waals surface area contributed by atoms with Crippen molar-refractivity contribution in [2.45, 2.75) is 67.4 Å². The number of ketones is 2. The van der Waals surface area contributed by atoms with E-state index in [1.54, 1.807) is 12.1 Å². The van der Waals surface area contributed by atoms with E-state index in [0.29, 0.717) is 32.7 Å². The van der Waals surface area contributed by atoms with Crippen LogP contribution in [0.2, 0.25) is 4.34 Å². The summed E-state index contributed by atoms with van der Waals surface area (Å²) in [6.07, 6.45) is 8.71. The number of thiazole rings is 1. The Labute approximate surface area is 196 Å². The molecule has 1 aromatic heterocycles. The molecule has 0 bridgehead atoms. The molecule has 168 valence electrons. The topological polar surface area (TPSA) is 81.2 Å². The number of halogens is 1. The van der Waals surface area contributed by atoms with Crippen molar-refractivity contribution < 1.29 is 18.0 Å². The number of hydrogen-bond acceptors (Lipinski definition) is 6. The van der Waals surface area contributed by atoms with E-state index in [4.69, 9.17) is 11.6 Å². The molecule has 0 aliphatic heterocycles. The van der Waals surface area contributed by atoms with E-state index in [9.17, 15) is 18.0 Å². The van der Waals surface area contributed by atoms with Crippen molar-refractivity contribution in [1.29, 1.82) is 0 Å². The number of nitrogens with zero attached hydrogens (tertiary/aromatic N) is 1.